The van der Waals surface area contributed by atoms with E-state index < -0.39 is 10.1 Å². The van der Waals surface area contributed by atoms with E-state index in [9.17, 15) is 8.42 Å². The molecule has 0 saturated heterocycles. The Balaban J connectivity index is 3.27. The molecule has 4 heteroatoms. The maximum atomic E-state index is 12.0. The molecule has 0 amide bonds. The highest BCUT2D eigenvalue weighted by molar-refractivity contribution is 7.86. The molecular weight excluding hydrogens is 236 g/mol. The van der Waals surface area contributed by atoms with Crippen LogP contribution in [-0.4, -0.2) is 15.0 Å². The zero-order valence-corrected chi connectivity index (χ0v) is 11.3. The second-order valence-corrected chi connectivity index (χ2v) is 6.36. The van der Waals surface area contributed by atoms with Crippen molar-refractivity contribution in [3.63, 3.8) is 0 Å². The Kier molecular flexibility index (Phi) is 4.11. The van der Waals surface area contributed by atoms with Crippen LogP contribution < -0.4 is 0 Å². The van der Waals surface area contributed by atoms with Gasteiger partial charge in [0, 0.05) is 0 Å². The predicted octanol–water partition coefficient (Wildman–Crippen LogP) is 2.88. The van der Waals surface area contributed by atoms with Gasteiger partial charge in [-0.05, 0) is 17.0 Å². The Morgan fingerprint density at radius 2 is 1.88 bits per heavy atom. The van der Waals surface area contributed by atoms with Crippen molar-refractivity contribution >= 4 is 10.1 Å². The molecular formula is C13H18O3S. The summed E-state index contributed by atoms with van der Waals surface area (Å²) in [6, 6.07) is 6.90. The summed E-state index contributed by atoms with van der Waals surface area (Å²) in [5.41, 5.74) is 0.505. The third-order valence-electron chi connectivity index (χ3n) is 2.31. The molecule has 0 atom stereocenters. The van der Waals surface area contributed by atoms with E-state index in [0.29, 0.717) is 0 Å². The van der Waals surface area contributed by atoms with Gasteiger partial charge >= 0.3 is 0 Å². The third-order valence-corrected chi connectivity index (χ3v) is 3.65. The van der Waals surface area contributed by atoms with E-state index in [1.165, 1.54) is 6.08 Å². The Hall–Kier alpha value is -1.13. The first kappa shape index (κ1) is 13.9. The summed E-state index contributed by atoms with van der Waals surface area (Å²) in [5, 5.41) is 0. The summed E-state index contributed by atoms with van der Waals surface area (Å²) in [5.74, 6) is 0. The number of rotatable bonds is 4. The minimum Gasteiger partial charge on any atom is -0.262 e. The largest absolute Gasteiger partial charge is 0.297 e. The highest BCUT2D eigenvalue weighted by Gasteiger charge is 2.25. The first-order valence-electron chi connectivity index (χ1n) is 5.39. The minimum absolute atomic E-state index is 0.0131. The van der Waals surface area contributed by atoms with E-state index in [1.54, 1.807) is 12.1 Å². The van der Waals surface area contributed by atoms with Crippen LogP contribution in [0, 0.1) is 0 Å². The fourth-order valence-electron chi connectivity index (χ4n) is 1.51. The standard InChI is InChI=1S/C13H18O3S/c1-5-10-16-17(14,15)12-9-7-6-8-11(12)13(2,3)4/h5-9H,1,10H2,2-4H3. The lowest BCUT2D eigenvalue weighted by Crippen LogP contribution is -2.18. The molecule has 1 aromatic carbocycles. The van der Waals surface area contributed by atoms with Crippen LogP contribution in [0.3, 0.4) is 0 Å². The van der Waals surface area contributed by atoms with Crippen molar-refractivity contribution in [1.29, 1.82) is 0 Å². The monoisotopic (exact) mass is 254 g/mol. The molecule has 0 aliphatic rings. The van der Waals surface area contributed by atoms with Gasteiger partial charge in [-0.15, -0.1) is 6.58 Å². The Bertz CT molecular complexity index is 496. The summed E-state index contributed by atoms with van der Waals surface area (Å²) in [6.45, 7) is 9.33. The molecule has 1 rings (SSSR count). The number of hydrogen-bond acceptors (Lipinski definition) is 3. The lowest BCUT2D eigenvalue weighted by Gasteiger charge is -2.22. The lowest BCUT2D eigenvalue weighted by molar-refractivity contribution is 0.355. The van der Waals surface area contributed by atoms with E-state index in [1.807, 2.05) is 32.9 Å². The second kappa shape index (κ2) is 5.02. The third kappa shape index (κ3) is 3.41. The molecule has 3 nitrogen and oxygen atoms in total. The highest BCUT2D eigenvalue weighted by atomic mass is 32.2. The van der Waals surface area contributed by atoms with Gasteiger partial charge in [0.05, 0.1) is 11.5 Å². The van der Waals surface area contributed by atoms with Gasteiger partial charge in [-0.3, -0.25) is 4.18 Å². The van der Waals surface area contributed by atoms with Crippen LogP contribution in [0.2, 0.25) is 0 Å². The van der Waals surface area contributed by atoms with Crippen LogP contribution in [0.4, 0.5) is 0 Å². The molecule has 0 N–H and O–H groups in total. The minimum atomic E-state index is -3.71. The molecule has 0 spiro atoms. The topological polar surface area (TPSA) is 43.4 Å². The van der Waals surface area contributed by atoms with E-state index in [2.05, 4.69) is 6.58 Å². The van der Waals surface area contributed by atoms with Crippen molar-refractivity contribution in [2.45, 2.75) is 31.1 Å². The average Bonchev–Trinajstić information content (AvgIpc) is 2.25. The van der Waals surface area contributed by atoms with Gasteiger partial charge in [0.1, 0.15) is 0 Å². The van der Waals surface area contributed by atoms with Gasteiger partial charge in [0.15, 0.2) is 0 Å². The molecule has 0 radical (unpaired) electrons. The SMILES string of the molecule is C=CCOS(=O)(=O)c1ccccc1C(C)(C)C. The van der Waals surface area contributed by atoms with E-state index in [4.69, 9.17) is 4.18 Å². The fourth-order valence-corrected chi connectivity index (χ4v) is 2.80. The molecule has 1 aromatic rings. The molecule has 0 heterocycles. The Labute approximate surface area is 103 Å². The summed E-state index contributed by atoms with van der Waals surface area (Å²) in [6.07, 6.45) is 1.41. The van der Waals surface area contributed by atoms with Crippen LogP contribution in [0.1, 0.15) is 26.3 Å². The molecule has 0 saturated carbocycles. The van der Waals surface area contributed by atoms with Gasteiger partial charge in [-0.25, -0.2) is 0 Å². The van der Waals surface area contributed by atoms with Gasteiger partial charge in [0.25, 0.3) is 10.1 Å². The number of benzene rings is 1. The Morgan fingerprint density at radius 1 is 1.29 bits per heavy atom. The smallest absolute Gasteiger partial charge is 0.262 e. The Morgan fingerprint density at radius 3 is 2.41 bits per heavy atom. The molecule has 0 aliphatic carbocycles. The molecule has 0 fully saturated rings. The molecule has 0 unspecified atom stereocenters. The van der Waals surface area contributed by atoms with Crippen LogP contribution in [0.25, 0.3) is 0 Å². The van der Waals surface area contributed by atoms with Crippen LogP contribution in [0.5, 0.6) is 0 Å². The van der Waals surface area contributed by atoms with E-state index >= 15 is 0 Å². The van der Waals surface area contributed by atoms with E-state index in [-0.39, 0.29) is 16.9 Å². The number of hydrogen-bond donors (Lipinski definition) is 0. The van der Waals surface area contributed by atoms with Crippen molar-refractivity contribution in [2.75, 3.05) is 6.61 Å². The van der Waals surface area contributed by atoms with Crippen molar-refractivity contribution < 1.29 is 12.6 Å². The fraction of sp³-hybridized carbons (Fsp3) is 0.385. The first-order chi connectivity index (χ1) is 7.79. The summed E-state index contributed by atoms with van der Waals surface area (Å²) < 4.78 is 28.8. The second-order valence-electron chi connectivity index (χ2n) is 4.77. The highest BCUT2D eigenvalue weighted by Crippen LogP contribution is 2.29. The zero-order chi connectivity index (χ0) is 13.1. The maximum absolute atomic E-state index is 12.0. The van der Waals surface area contributed by atoms with Gasteiger partial charge < -0.3 is 0 Å². The zero-order valence-electron chi connectivity index (χ0n) is 10.4. The van der Waals surface area contributed by atoms with Gasteiger partial charge in [0.2, 0.25) is 0 Å². The molecule has 0 bridgehead atoms. The normalized spacial score (nSPS) is 12.4. The van der Waals surface area contributed by atoms with Crippen LogP contribution >= 0.6 is 0 Å². The lowest BCUT2D eigenvalue weighted by atomic mass is 9.87. The molecule has 0 aromatic heterocycles. The van der Waals surface area contributed by atoms with Crippen molar-refractivity contribution in [3.8, 4) is 0 Å². The summed E-state index contributed by atoms with van der Waals surface area (Å²) >= 11 is 0. The molecule has 94 valence electrons. The van der Waals surface area contributed by atoms with Crippen molar-refractivity contribution in [3.05, 3.63) is 42.5 Å². The summed E-state index contributed by atoms with van der Waals surface area (Å²) in [4.78, 5) is 0.231. The maximum Gasteiger partial charge on any atom is 0.297 e. The van der Waals surface area contributed by atoms with Gasteiger partial charge in [-0.2, -0.15) is 8.42 Å². The van der Waals surface area contributed by atoms with E-state index in [0.717, 1.165) is 5.56 Å². The summed E-state index contributed by atoms with van der Waals surface area (Å²) in [7, 11) is -3.71. The first-order valence-corrected chi connectivity index (χ1v) is 6.79. The molecule has 17 heavy (non-hydrogen) atoms. The van der Waals surface area contributed by atoms with Crippen LogP contribution in [0.15, 0.2) is 41.8 Å². The molecule has 0 aliphatic heterocycles. The van der Waals surface area contributed by atoms with Gasteiger partial charge in [-0.1, -0.05) is 45.0 Å². The van der Waals surface area contributed by atoms with Crippen LogP contribution in [-0.2, 0) is 19.7 Å². The van der Waals surface area contributed by atoms with Crippen molar-refractivity contribution in [2.24, 2.45) is 0 Å². The van der Waals surface area contributed by atoms with Crippen molar-refractivity contribution in [1.82, 2.24) is 0 Å². The predicted molar refractivity (Wildman–Crippen MR) is 68.5 cm³/mol. The average molecular weight is 254 g/mol. The quantitative estimate of drug-likeness (QED) is 0.613.